The Morgan fingerprint density at radius 3 is 2.62 bits per heavy atom. The smallest absolute Gasteiger partial charge is 0.254 e. The summed E-state index contributed by atoms with van der Waals surface area (Å²) in [4.78, 5) is 23.5. The highest BCUT2D eigenvalue weighted by molar-refractivity contribution is 6.06. The van der Waals surface area contributed by atoms with Crippen molar-refractivity contribution in [3.63, 3.8) is 0 Å². The van der Waals surface area contributed by atoms with E-state index in [-0.39, 0.29) is 5.91 Å². The molecule has 1 N–H and O–H groups in total. The van der Waals surface area contributed by atoms with Gasteiger partial charge in [0.15, 0.2) is 0 Å². The number of fused-ring (bicyclic) bond motifs is 2. The average molecular weight is 383 g/mol. The molecule has 0 spiro atoms. The van der Waals surface area contributed by atoms with Gasteiger partial charge in [0, 0.05) is 41.3 Å². The van der Waals surface area contributed by atoms with Crippen LogP contribution in [-0.4, -0.2) is 33.9 Å². The van der Waals surface area contributed by atoms with Gasteiger partial charge >= 0.3 is 0 Å². The summed E-state index contributed by atoms with van der Waals surface area (Å²) >= 11 is 0. The van der Waals surface area contributed by atoms with Crippen LogP contribution in [0.3, 0.4) is 0 Å². The Morgan fingerprint density at radius 1 is 1.03 bits per heavy atom. The number of piperidine rings is 1. The number of H-pyrrole nitrogens is 1. The highest BCUT2D eigenvalue weighted by Crippen LogP contribution is 2.31. The molecule has 0 radical (unpaired) electrons. The van der Waals surface area contributed by atoms with Crippen LogP contribution in [0, 0.1) is 13.8 Å². The van der Waals surface area contributed by atoms with Crippen molar-refractivity contribution in [1.29, 1.82) is 0 Å². The lowest BCUT2D eigenvalue weighted by Crippen LogP contribution is -2.38. The Labute approximate surface area is 170 Å². The number of carbonyl (C=O) groups is 1. The van der Waals surface area contributed by atoms with Crippen molar-refractivity contribution in [1.82, 2.24) is 14.9 Å². The number of likely N-dealkylation sites (tertiary alicyclic amines) is 1. The van der Waals surface area contributed by atoms with E-state index in [0.717, 1.165) is 53.7 Å². The van der Waals surface area contributed by atoms with E-state index in [2.05, 4.69) is 59.4 Å². The van der Waals surface area contributed by atoms with Gasteiger partial charge < -0.3 is 9.88 Å². The minimum absolute atomic E-state index is 0.126. The van der Waals surface area contributed by atoms with Gasteiger partial charge in [0.1, 0.15) is 0 Å². The molecule has 2 aromatic heterocycles. The third-order valence-corrected chi connectivity index (χ3v) is 6.10. The molecule has 0 unspecified atom stereocenters. The second-order valence-electron chi connectivity index (χ2n) is 8.21. The molecule has 5 rings (SSSR count). The van der Waals surface area contributed by atoms with Gasteiger partial charge in [-0.2, -0.15) is 0 Å². The Balaban J connectivity index is 1.37. The first-order valence-corrected chi connectivity index (χ1v) is 10.3. The fraction of sp³-hybridized carbons (Fsp3) is 0.280. The first-order chi connectivity index (χ1) is 14.1. The largest absolute Gasteiger partial charge is 0.358 e. The van der Waals surface area contributed by atoms with Crippen LogP contribution in [0.2, 0.25) is 0 Å². The Kier molecular flexibility index (Phi) is 4.35. The molecule has 1 aliphatic heterocycles. The third-order valence-electron chi connectivity index (χ3n) is 6.10. The van der Waals surface area contributed by atoms with Gasteiger partial charge in [0.05, 0.1) is 11.1 Å². The second kappa shape index (κ2) is 7.03. The molecule has 2 aromatic carbocycles. The lowest BCUT2D eigenvalue weighted by molar-refractivity contribution is 0.0714. The Morgan fingerprint density at radius 2 is 1.83 bits per heavy atom. The molecule has 29 heavy (non-hydrogen) atoms. The Hall–Kier alpha value is -3.14. The molecule has 0 bridgehead atoms. The molecule has 4 heteroatoms. The van der Waals surface area contributed by atoms with Crippen LogP contribution in [0.1, 0.15) is 46.1 Å². The molecule has 3 heterocycles. The molecule has 0 saturated carbocycles. The average Bonchev–Trinajstić information content (AvgIpc) is 3.17. The monoisotopic (exact) mass is 383 g/mol. The number of pyridine rings is 1. The number of benzene rings is 2. The number of hydrogen-bond donors (Lipinski definition) is 1. The van der Waals surface area contributed by atoms with E-state index >= 15 is 0 Å². The maximum Gasteiger partial charge on any atom is 0.254 e. The van der Waals surface area contributed by atoms with Gasteiger partial charge in [-0.1, -0.05) is 29.8 Å². The lowest BCUT2D eigenvalue weighted by atomic mass is 9.93. The summed E-state index contributed by atoms with van der Waals surface area (Å²) in [5.41, 5.74) is 6.19. The Bertz CT molecular complexity index is 1180. The SMILES string of the molecule is Cc1ccc2nc(C)cc(C(=O)N3CCC(c4cc5ccccc5[nH]4)CC3)c2c1. The van der Waals surface area contributed by atoms with Crippen molar-refractivity contribution in [2.24, 2.45) is 0 Å². The molecule has 0 atom stereocenters. The molecule has 146 valence electrons. The highest BCUT2D eigenvalue weighted by Gasteiger charge is 2.26. The van der Waals surface area contributed by atoms with Gasteiger partial charge in [-0.3, -0.25) is 9.78 Å². The summed E-state index contributed by atoms with van der Waals surface area (Å²) in [6.07, 6.45) is 1.97. The maximum absolute atomic E-state index is 13.4. The molecule has 4 nitrogen and oxygen atoms in total. The fourth-order valence-corrected chi connectivity index (χ4v) is 4.53. The second-order valence-corrected chi connectivity index (χ2v) is 8.21. The standard InChI is InChI=1S/C25H25N3O/c1-16-7-8-23-20(13-16)21(14-17(2)26-23)25(29)28-11-9-18(10-12-28)24-15-19-5-3-4-6-22(19)27-24/h3-8,13-15,18,27H,9-12H2,1-2H3. The number of nitrogens with one attached hydrogen (secondary N) is 1. The minimum Gasteiger partial charge on any atom is -0.358 e. The van der Waals surface area contributed by atoms with Gasteiger partial charge in [-0.25, -0.2) is 0 Å². The van der Waals surface area contributed by atoms with Gasteiger partial charge in [-0.05, 0) is 62.4 Å². The van der Waals surface area contributed by atoms with E-state index in [4.69, 9.17) is 0 Å². The molecular weight excluding hydrogens is 358 g/mol. The van der Waals surface area contributed by atoms with Crippen molar-refractivity contribution in [2.75, 3.05) is 13.1 Å². The van der Waals surface area contributed by atoms with Crippen molar-refractivity contribution in [3.8, 4) is 0 Å². The topological polar surface area (TPSA) is 49.0 Å². The van der Waals surface area contributed by atoms with Crippen molar-refractivity contribution in [3.05, 3.63) is 77.1 Å². The van der Waals surface area contributed by atoms with Crippen molar-refractivity contribution >= 4 is 27.7 Å². The van der Waals surface area contributed by atoms with Crippen LogP contribution in [0.4, 0.5) is 0 Å². The van der Waals surface area contributed by atoms with Crippen molar-refractivity contribution < 1.29 is 4.79 Å². The van der Waals surface area contributed by atoms with E-state index in [1.807, 2.05) is 24.0 Å². The highest BCUT2D eigenvalue weighted by atomic mass is 16.2. The zero-order chi connectivity index (χ0) is 20.0. The molecule has 1 fully saturated rings. The van der Waals surface area contributed by atoms with Crippen LogP contribution < -0.4 is 0 Å². The number of aromatic amines is 1. The number of nitrogens with zero attached hydrogens (tertiary/aromatic N) is 2. The number of aryl methyl sites for hydroxylation is 2. The number of aromatic nitrogens is 2. The van der Waals surface area contributed by atoms with Crippen LogP contribution in [0.25, 0.3) is 21.8 Å². The van der Waals surface area contributed by atoms with Crippen LogP contribution >= 0.6 is 0 Å². The zero-order valence-electron chi connectivity index (χ0n) is 16.9. The third kappa shape index (κ3) is 3.29. The fourth-order valence-electron chi connectivity index (χ4n) is 4.53. The van der Waals surface area contributed by atoms with Crippen LogP contribution in [0.5, 0.6) is 0 Å². The van der Waals surface area contributed by atoms with E-state index < -0.39 is 0 Å². The normalized spacial score (nSPS) is 15.3. The summed E-state index contributed by atoms with van der Waals surface area (Å²) in [6, 6.07) is 18.7. The molecule has 1 aliphatic rings. The predicted octanol–water partition coefficient (Wildman–Crippen LogP) is 5.35. The lowest BCUT2D eigenvalue weighted by Gasteiger charge is -2.32. The van der Waals surface area contributed by atoms with Crippen LogP contribution in [-0.2, 0) is 0 Å². The van der Waals surface area contributed by atoms with E-state index in [1.54, 1.807) is 0 Å². The first kappa shape index (κ1) is 17.9. The quantitative estimate of drug-likeness (QED) is 0.507. The van der Waals surface area contributed by atoms with E-state index in [0.29, 0.717) is 5.92 Å². The zero-order valence-corrected chi connectivity index (χ0v) is 16.9. The summed E-state index contributed by atoms with van der Waals surface area (Å²) in [7, 11) is 0. The minimum atomic E-state index is 0.126. The number of amides is 1. The molecule has 4 aromatic rings. The summed E-state index contributed by atoms with van der Waals surface area (Å²) in [6.45, 7) is 5.58. The summed E-state index contributed by atoms with van der Waals surface area (Å²) in [5, 5.41) is 2.22. The number of rotatable bonds is 2. The molecule has 1 amide bonds. The number of hydrogen-bond acceptors (Lipinski definition) is 2. The molecular formula is C25H25N3O. The van der Waals surface area contributed by atoms with Gasteiger partial charge in [-0.15, -0.1) is 0 Å². The van der Waals surface area contributed by atoms with Gasteiger partial charge in [0.2, 0.25) is 0 Å². The summed E-state index contributed by atoms with van der Waals surface area (Å²) < 4.78 is 0. The van der Waals surface area contributed by atoms with E-state index in [1.165, 1.54) is 16.6 Å². The molecule has 0 aliphatic carbocycles. The van der Waals surface area contributed by atoms with E-state index in [9.17, 15) is 4.79 Å². The number of para-hydroxylation sites is 1. The van der Waals surface area contributed by atoms with Crippen molar-refractivity contribution in [2.45, 2.75) is 32.6 Å². The summed E-state index contributed by atoms with van der Waals surface area (Å²) in [5.74, 6) is 0.603. The predicted molar refractivity (Wildman–Crippen MR) is 117 cm³/mol. The van der Waals surface area contributed by atoms with Gasteiger partial charge in [0.25, 0.3) is 5.91 Å². The maximum atomic E-state index is 13.4. The first-order valence-electron chi connectivity index (χ1n) is 10.3. The van der Waals surface area contributed by atoms with Crippen LogP contribution in [0.15, 0.2) is 54.6 Å². The molecule has 1 saturated heterocycles. The number of carbonyl (C=O) groups excluding carboxylic acids is 1.